The Hall–Kier alpha value is -3.41. The number of thiophene rings is 1. The standard InChI is InChI=1S/C17H14F3N5O3S/c18-17(19,20)28-12-5-3-11(4-6-12)24-16-14(25(26)27)15(22-10-23-16)21-8-7-13-2-1-9-29-13/h1-6,9-10H,7-8H2,(H2,21,22,23,24). The second kappa shape index (κ2) is 8.73. The fourth-order valence-corrected chi connectivity index (χ4v) is 3.12. The number of nitro groups is 1. The molecule has 3 rings (SSSR count). The average Bonchev–Trinajstić information content (AvgIpc) is 3.15. The van der Waals surface area contributed by atoms with Gasteiger partial charge in [0, 0.05) is 17.1 Å². The predicted molar refractivity (Wildman–Crippen MR) is 102 cm³/mol. The monoisotopic (exact) mass is 425 g/mol. The number of ether oxygens (including phenoxy) is 1. The van der Waals surface area contributed by atoms with Crippen molar-refractivity contribution in [2.45, 2.75) is 12.8 Å². The van der Waals surface area contributed by atoms with Crippen LogP contribution in [-0.4, -0.2) is 27.8 Å². The molecule has 0 aliphatic heterocycles. The molecule has 0 saturated carbocycles. The number of halogens is 3. The Bertz CT molecular complexity index is 965. The van der Waals surface area contributed by atoms with E-state index in [9.17, 15) is 23.3 Å². The van der Waals surface area contributed by atoms with Crippen LogP contribution >= 0.6 is 11.3 Å². The third kappa shape index (κ3) is 5.78. The summed E-state index contributed by atoms with van der Waals surface area (Å²) in [4.78, 5) is 19.8. The molecule has 8 nitrogen and oxygen atoms in total. The molecule has 3 aromatic rings. The summed E-state index contributed by atoms with van der Waals surface area (Å²) in [5.74, 6) is -0.453. The third-order valence-electron chi connectivity index (χ3n) is 3.60. The highest BCUT2D eigenvalue weighted by atomic mass is 32.1. The van der Waals surface area contributed by atoms with Gasteiger partial charge >= 0.3 is 12.0 Å². The van der Waals surface area contributed by atoms with Crippen molar-refractivity contribution < 1.29 is 22.8 Å². The molecule has 0 fully saturated rings. The van der Waals surface area contributed by atoms with Gasteiger partial charge in [0.2, 0.25) is 11.6 Å². The van der Waals surface area contributed by atoms with Crippen molar-refractivity contribution in [1.82, 2.24) is 9.97 Å². The first-order chi connectivity index (χ1) is 13.8. The van der Waals surface area contributed by atoms with Crippen LogP contribution in [0.4, 0.5) is 36.2 Å². The first-order valence-corrected chi connectivity index (χ1v) is 9.08. The van der Waals surface area contributed by atoms with Crippen LogP contribution < -0.4 is 15.4 Å². The molecule has 0 atom stereocenters. The molecule has 0 unspecified atom stereocenters. The summed E-state index contributed by atoms with van der Waals surface area (Å²) in [5, 5.41) is 19.1. The molecule has 152 valence electrons. The van der Waals surface area contributed by atoms with Crippen LogP contribution in [0.2, 0.25) is 0 Å². The largest absolute Gasteiger partial charge is 0.573 e. The van der Waals surface area contributed by atoms with E-state index in [1.807, 2.05) is 17.5 Å². The topological polar surface area (TPSA) is 102 Å². The van der Waals surface area contributed by atoms with Crippen LogP contribution in [-0.2, 0) is 6.42 Å². The van der Waals surface area contributed by atoms with Gasteiger partial charge in [0.25, 0.3) is 0 Å². The summed E-state index contributed by atoms with van der Waals surface area (Å²) in [5.41, 5.74) is -0.0693. The Labute approximate surface area is 166 Å². The molecule has 2 N–H and O–H groups in total. The number of anilines is 3. The number of benzene rings is 1. The van der Waals surface area contributed by atoms with E-state index in [4.69, 9.17) is 0 Å². The predicted octanol–water partition coefficient (Wildman–Crippen LogP) is 4.74. The van der Waals surface area contributed by atoms with Gasteiger partial charge in [-0.15, -0.1) is 24.5 Å². The zero-order valence-electron chi connectivity index (χ0n) is 14.6. The normalized spacial score (nSPS) is 11.1. The molecular weight excluding hydrogens is 411 g/mol. The van der Waals surface area contributed by atoms with Gasteiger partial charge in [0.15, 0.2) is 0 Å². The molecule has 0 amide bonds. The molecule has 0 aliphatic rings. The van der Waals surface area contributed by atoms with Crippen molar-refractivity contribution in [1.29, 1.82) is 0 Å². The maximum Gasteiger partial charge on any atom is 0.573 e. The van der Waals surface area contributed by atoms with Crippen LogP contribution in [0, 0.1) is 10.1 Å². The van der Waals surface area contributed by atoms with Gasteiger partial charge in [-0.05, 0) is 42.1 Å². The van der Waals surface area contributed by atoms with E-state index in [1.54, 1.807) is 11.3 Å². The second-order valence-electron chi connectivity index (χ2n) is 5.63. The first-order valence-electron chi connectivity index (χ1n) is 8.20. The quantitative estimate of drug-likeness (QED) is 0.397. The number of nitrogens with one attached hydrogen (secondary N) is 2. The van der Waals surface area contributed by atoms with Crippen molar-refractivity contribution in [2.75, 3.05) is 17.2 Å². The van der Waals surface area contributed by atoms with E-state index in [-0.39, 0.29) is 17.3 Å². The van der Waals surface area contributed by atoms with Gasteiger partial charge in [-0.25, -0.2) is 9.97 Å². The minimum Gasteiger partial charge on any atom is -0.406 e. The fourth-order valence-electron chi connectivity index (χ4n) is 2.41. The molecule has 29 heavy (non-hydrogen) atoms. The third-order valence-corrected chi connectivity index (χ3v) is 4.54. The number of rotatable bonds is 8. The summed E-state index contributed by atoms with van der Waals surface area (Å²) in [6, 6.07) is 8.62. The number of nitrogens with zero attached hydrogens (tertiary/aromatic N) is 3. The molecule has 2 aromatic heterocycles. The molecule has 0 aliphatic carbocycles. The Kier molecular flexibility index (Phi) is 6.12. The lowest BCUT2D eigenvalue weighted by Gasteiger charge is -2.11. The Morgan fingerprint density at radius 1 is 1.14 bits per heavy atom. The number of alkyl halides is 3. The van der Waals surface area contributed by atoms with E-state index in [1.165, 1.54) is 12.1 Å². The van der Waals surface area contributed by atoms with Crippen LogP contribution in [0.3, 0.4) is 0 Å². The lowest BCUT2D eigenvalue weighted by atomic mass is 10.3. The summed E-state index contributed by atoms with van der Waals surface area (Å²) >= 11 is 1.58. The SMILES string of the molecule is O=[N+]([O-])c1c(NCCc2cccs2)ncnc1Nc1ccc(OC(F)(F)F)cc1. The van der Waals surface area contributed by atoms with Gasteiger partial charge in [0.05, 0.1) is 4.92 Å². The zero-order valence-corrected chi connectivity index (χ0v) is 15.5. The highest BCUT2D eigenvalue weighted by Gasteiger charge is 2.31. The molecule has 12 heteroatoms. The van der Waals surface area contributed by atoms with E-state index in [0.717, 1.165) is 23.3 Å². The van der Waals surface area contributed by atoms with Crippen molar-refractivity contribution in [2.24, 2.45) is 0 Å². The summed E-state index contributed by atoms with van der Waals surface area (Å²) in [6.45, 7) is 0.432. The van der Waals surface area contributed by atoms with E-state index >= 15 is 0 Å². The molecular formula is C17H14F3N5O3S. The maximum absolute atomic E-state index is 12.2. The molecule has 0 radical (unpaired) electrons. The summed E-state index contributed by atoms with van der Waals surface area (Å²) in [6.07, 6.45) is -2.98. The van der Waals surface area contributed by atoms with Gasteiger partial charge in [-0.1, -0.05) is 6.07 Å². The smallest absolute Gasteiger partial charge is 0.406 e. The molecule has 2 heterocycles. The van der Waals surface area contributed by atoms with E-state index in [0.29, 0.717) is 18.7 Å². The number of hydrogen-bond acceptors (Lipinski definition) is 8. The minimum atomic E-state index is -4.80. The summed E-state index contributed by atoms with van der Waals surface area (Å²) < 4.78 is 40.5. The fraction of sp³-hybridized carbons (Fsp3) is 0.176. The Morgan fingerprint density at radius 2 is 1.86 bits per heavy atom. The zero-order chi connectivity index (χ0) is 20.9. The van der Waals surface area contributed by atoms with Crippen LogP contribution in [0.5, 0.6) is 5.75 Å². The van der Waals surface area contributed by atoms with Crippen molar-refractivity contribution in [3.05, 3.63) is 63.1 Å². The van der Waals surface area contributed by atoms with Gasteiger partial charge in [-0.3, -0.25) is 10.1 Å². The Morgan fingerprint density at radius 3 is 2.48 bits per heavy atom. The molecule has 0 saturated heterocycles. The molecule has 0 bridgehead atoms. The lowest BCUT2D eigenvalue weighted by molar-refractivity contribution is -0.383. The average molecular weight is 425 g/mol. The second-order valence-corrected chi connectivity index (χ2v) is 6.66. The van der Waals surface area contributed by atoms with Gasteiger partial charge < -0.3 is 15.4 Å². The first kappa shape index (κ1) is 20.3. The van der Waals surface area contributed by atoms with Crippen molar-refractivity contribution >= 4 is 34.3 Å². The highest BCUT2D eigenvalue weighted by molar-refractivity contribution is 7.09. The van der Waals surface area contributed by atoms with Crippen LogP contribution in [0.1, 0.15) is 4.88 Å². The van der Waals surface area contributed by atoms with E-state index in [2.05, 4.69) is 25.3 Å². The van der Waals surface area contributed by atoms with Crippen LogP contribution in [0.25, 0.3) is 0 Å². The summed E-state index contributed by atoms with van der Waals surface area (Å²) in [7, 11) is 0. The van der Waals surface area contributed by atoms with E-state index < -0.39 is 17.0 Å². The minimum absolute atomic E-state index is 0.0427. The number of aromatic nitrogens is 2. The molecule has 0 spiro atoms. The van der Waals surface area contributed by atoms with Crippen LogP contribution in [0.15, 0.2) is 48.1 Å². The highest BCUT2D eigenvalue weighted by Crippen LogP contribution is 2.32. The van der Waals surface area contributed by atoms with Gasteiger partial charge in [0.1, 0.15) is 12.1 Å². The molecule has 1 aromatic carbocycles. The van der Waals surface area contributed by atoms with Crippen molar-refractivity contribution in [3.8, 4) is 5.75 Å². The Balaban J connectivity index is 1.74. The number of hydrogen-bond donors (Lipinski definition) is 2. The lowest BCUT2D eigenvalue weighted by Crippen LogP contribution is -2.17. The maximum atomic E-state index is 12.2. The van der Waals surface area contributed by atoms with Gasteiger partial charge in [-0.2, -0.15) is 0 Å². The van der Waals surface area contributed by atoms with Crippen molar-refractivity contribution in [3.63, 3.8) is 0 Å².